The number of rotatable bonds is 5. The molecule has 17 heavy (non-hydrogen) atoms. The minimum absolute atomic E-state index is 0.183. The van der Waals surface area contributed by atoms with Crippen LogP contribution in [-0.4, -0.2) is 48.3 Å². The van der Waals surface area contributed by atoms with Gasteiger partial charge in [0.2, 0.25) is 15.2 Å². The third-order valence-corrected chi connectivity index (χ3v) is 5.36. The zero-order valence-electron chi connectivity index (χ0n) is 9.88. The minimum atomic E-state index is -2.99. The van der Waals surface area contributed by atoms with E-state index in [4.69, 9.17) is 0 Å². The first-order chi connectivity index (χ1) is 8.01. The van der Waals surface area contributed by atoms with Crippen LogP contribution in [0.2, 0.25) is 0 Å². The second-order valence-corrected chi connectivity index (χ2v) is 7.53. The van der Waals surface area contributed by atoms with Crippen molar-refractivity contribution in [1.29, 1.82) is 0 Å². The van der Waals surface area contributed by atoms with Gasteiger partial charge in [-0.1, -0.05) is 11.3 Å². The van der Waals surface area contributed by atoms with Crippen molar-refractivity contribution >= 4 is 26.5 Å². The van der Waals surface area contributed by atoms with Gasteiger partial charge in [-0.15, -0.1) is 10.2 Å². The lowest BCUT2D eigenvalue weighted by atomic mass is 10.0. The fourth-order valence-electron chi connectivity index (χ4n) is 1.66. The Labute approximate surface area is 105 Å². The molecule has 0 saturated carbocycles. The molecule has 0 unspecified atom stereocenters. The van der Waals surface area contributed by atoms with Crippen LogP contribution in [0.3, 0.4) is 0 Å². The average molecular weight is 276 g/mol. The molecular formula is C9H16N4O2S2. The fraction of sp³-hybridized carbons (Fsp3) is 0.778. The number of anilines is 1. The van der Waals surface area contributed by atoms with Gasteiger partial charge in [0, 0.05) is 25.6 Å². The molecule has 1 aromatic heterocycles. The number of nitrogens with one attached hydrogen (secondary N) is 1. The summed E-state index contributed by atoms with van der Waals surface area (Å²) in [6.45, 7) is 5.55. The number of nitrogens with zero attached hydrogens (tertiary/aromatic N) is 3. The number of hydrogen-bond donors (Lipinski definition) is 1. The predicted octanol–water partition coefficient (Wildman–Crippen LogP) is 0.540. The van der Waals surface area contributed by atoms with E-state index in [9.17, 15) is 8.42 Å². The Morgan fingerprint density at radius 1 is 1.47 bits per heavy atom. The van der Waals surface area contributed by atoms with Crippen molar-refractivity contribution < 1.29 is 8.42 Å². The van der Waals surface area contributed by atoms with Crippen molar-refractivity contribution in [2.45, 2.75) is 13.8 Å². The molecule has 0 aromatic carbocycles. The number of aryl methyl sites for hydroxylation is 1. The molecular weight excluding hydrogens is 260 g/mol. The van der Waals surface area contributed by atoms with Crippen LogP contribution in [0.4, 0.5) is 5.13 Å². The second-order valence-electron chi connectivity index (χ2n) is 4.09. The fourth-order valence-corrected chi connectivity index (χ4v) is 3.50. The van der Waals surface area contributed by atoms with E-state index in [0.717, 1.165) is 16.7 Å². The van der Waals surface area contributed by atoms with Gasteiger partial charge in [0.05, 0.1) is 5.75 Å². The van der Waals surface area contributed by atoms with Gasteiger partial charge in [-0.05, 0) is 13.8 Å². The Morgan fingerprint density at radius 3 is 2.71 bits per heavy atom. The van der Waals surface area contributed by atoms with Crippen molar-refractivity contribution in [3.05, 3.63) is 5.01 Å². The average Bonchev–Trinajstić information content (AvgIpc) is 2.61. The molecule has 1 N–H and O–H groups in total. The molecule has 6 nitrogen and oxygen atoms in total. The number of aromatic nitrogens is 2. The predicted molar refractivity (Wildman–Crippen MR) is 67.7 cm³/mol. The number of hydrogen-bond acceptors (Lipinski definition) is 6. The zero-order chi connectivity index (χ0) is 12.5. The van der Waals surface area contributed by atoms with Gasteiger partial charge in [-0.25, -0.2) is 12.7 Å². The zero-order valence-corrected chi connectivity index (χ0v) is 11.5. The van der Waals surface area contributed by atoms with Gasteiger partial charge < -0.3 is 5.32 Å². The first kappa shape index (κ1) is 12.7. The quantitative estimate of drug-likeness (QED) is 0.849. The minimum Gasteiger partial charge on any atom is -0.360 e. The summed E-state index contributed by atoms with van der Waals surface area (Å²) in [6, 6.07) is 0. The molecule has 1 saturated heterocycles. The van der Waals surface area contributed by atoms with E-state index >= 15 is 0 Å². The molecule has 1 aliphatic rings. The molecule has 8 heteroatoms. The largest absolute Gasteiger partial charge is 0.360 e. The highest BCUT2D eigenvalue weighted by molar-refractivity contribution is 7.89. The van der Waals surface area contributed by atoms with E-state index < -0.39 is 10.0 Å². The van der Waals surface area contributed by atoms with Gasteiger partial charge in [0.15, 0.2) is 0 Å². The van der Waals surface area contributed by atoms with E-state index in [2.05, 4.69) is 15.5 Å². The highest BCUT2D eigenvalue weighted by atomic mass is 32.2. The maximum Gasteiger partial charge on any atom is 0.213 e. The van der Waals surface area contributed by atoms with Crippen LogP contribution in [0.5, 0.6) is 0 Å². The van der Waals surface area contributed by atoms with E-state index in [1.807, 2.05) is 6.92 Å². The highest BCUT2D eigenvalue weighted by Gasteiger charge is 2.34. The summed E-state index contributed by atoms with van der Waals surface area (Å²) in [7, 11) is -2.99. The van der Waals surface area contributed by atoms with Crippen molar-refractivity contribution in [3.63, 3.8) is 0 Å². The molecule has 0 bridgehead atoms. The normalized spacial score (nSPS) is 18.0. The van der Waals surface area contributed by atoms with Crippen molar-refractivity contribution in [2.75, 3.05) is 30.7 Å². The molecule has 0 amide bonds. The molecule has 0 radical (unpaired) electrons. The van der Waals surface area contributed by atoms with Gasteiger partial charge in [-0.2, -0.15) is 0 Å². The van der Waals surface area contributed by atoms with Crippen LogP contribution in [-0.2, 0) is 10.0 Å². The lowest BCUT2D eigenvalue weighted by Gasteiger charge is -2.37. The molecule has 2 heterocycles. The van der Waals surface area contributed by atoms with Gasteiger partial charge in [0.1, 0.15) is 5.01 Å². The van der Waals surface area contributed by atoms with Gasteiger partial charge in [0.25, 0.3) is 0 Å². The Hall–Kier alpha value is -0.730. The maximum atomic E-state index is 11.5. The third-order valence-electron chi connectivity index (χ3n) is 2.75. The third kappa shape index (κ3) is 2.93. The molecule has 1 aromatic rings. The summed E-state index contributed by atoms with van der Waals surface area (Å²) in [5, 5.41) is 12.8. The summed E-state index contributed by atoms with van der Waals surface area (Å²) in [6.07, 6.45) is 0. The van der Waals surface area contributed by atoms with Gasteiger partial charge >= 0.3 is 0 Å². The van der Waals surface area contributed by atoms with E-state index in [1.54, 1.807) is 6.92 Å². The summed E-state index contributed by atoms with van der Waals surface area (Å²) in [4.78, 5) is 0. The first-order valence-corrected chi connectivity index (χ1v) is 7.95. The van der Waals surface area contributed by atoms with Crippen molar-refractivity contribution in [1.82, 2.24) is 14.5 Å². The summed E-state index contributed by atoms with van der Waals surface area (Å²) in [5.74, 6) is 0.559. The van der Waals surface area contributed by atoms with Gasteiger partial charge in [-0.3, -0.25) is 0 Å². The van der Waals surface area contributed by atoms with Crippen LogP contribution >= 0.6 is 11.3 Å². The molecule has 0 spiro atoms. The van der Waals surface area contributed by atoms with Crippen LogP contribution in [0.1, 0.15) is 11.9 Å². The second kappa shape index (κ2) is 4.87. The molecule has 2 rings (SSSR count). The Morgan fingerprint density at radius 2 is 2.18 bits per heavy atom. The number of sulfonamides is 1. The van der Waals surface area contributed by atoms with Crippen molar-refractivity contribution in [2.24, 2.45) is 5.92 Å². The van der Waals surface area contributed by atoms with Crippen LogP contribution in [0, 0.1) is 12.8 Å². The smallest absolute Gasteiger partial charge is 0.213 e. The molecule has 1 fully saturated rings. The SMILES string of the molecule is CCS(=O)(=O)N1CC(CNc2nnc(C)s2)C1. The van der Waals surface area contributed by atoms with Crippen LogP contribution < -0.4 is 5.32 Å². The molecule has 0 aliphatic carbocycles. The summed E-state index contributed by atoms with van der Waals surface area (Å²) < 4.78 is 24.5. The van der Waals surface area contributed by atoms with E-state index in [1.165, 1.54) is 15.6 Å². The van der Waals surface area contributed by atoms with Crippen LogP contribution in [0.15, 0.2) is 0 Å². The highest BCUT2D eigenvalue weighted by Crippen LogP contribution is 2.21. The summed E-state index contributed by atoms with van der Waals surface area (Å²) >= 11 is 1.51. The van der Waals surface area contributed by atoms with Crippen molar-refractivity contribution in [3.8, 4) is 0 Å². The molecule has 96 valence electrons. The molecule has 0 atom stereocenters. The Kier molecular flexibility index (Phi) is 3.64. The lowest BCUT2D eigenvalue weighted by molar-refractivity contribution is 0.212. The summed E-state index contributed by atoms with van der Waals surface area (Å²) in [5.41, 5.74) is 0. The first-order valence-electron chi connectivity index (χ1n) is 5.53. The lowest BCUT2D eigenvalue weighted by Crippen LogP contribution is -2.52. The standard InChI is InChI=1S/C9H16N4O2S2/c1-3-17(14,15)13-5-8(6-13)4-10-9-12-11-7(2)16-9/h8H,3-6H2,1-2H3,(H,10,12). The van der Waals surface area contributed by atoms with Crippen LogP contribution in [0.25, 0.3) is 0 Å². The molecule has 1 aliphatic heterocycles. The van der Waals surface area contributed by atoms with E-state index in [0.29, 0.717) is 19.0 Å². The topological polar surface area (TPSA) is 75.2 Å². The monoisotopic (exact) mass is 276 g/mol. The Bertz CT molecular complexity index is 479. The Balaban J connectivity index is 1.75. The van der Waals surface area contributed by atoms with E-state index in [-0.39, 0.29) is 5.75 Å². The maximum absolute atomic E-state index is 11.5.